The van der Waals surface area contributed by atoms with Crippen LogP contribution in [0.2, 0.25) is 0 Å². The number of hydrogen-bond acceptors (Lipinski definition) is 3. The van der Waals surface area contributed by atoms with Crippen LogP contribution in [0.5, 0.6) is 0 Å². The largest absolute Gasteiger partial charge is 0.375 e. The molecule has 3 nitrogen and oxygen atoms in total. The highest BCUT2D eigenvalue weighted by Crippen LogP contribution is 2.41. The van der Waals surface area contributed by atoms with Gasteiger partial charge in [0.05, 0.1) is 17.1 Å². The number of rotatable bonds is 1. The maximum Gasteiger partial charge on any atom is 0.0697 e. The van der Waals surface area contributed by atoms with Crippen molar-refractivity contribution in [1.82, 2.24) is 4.90 Å². The molecule has 0 N–H and O–H groups in total. The van der Waals surface area contributed by atoms with Gasteiger partial charge in [-0.25, -0.2) is 0 Å². The van der Waals surface area contributed by atoms with Crippen molar-refractivity contribution >= 4 is 0 Å². The van der Waals surface area contributed by atoms with Crippen molar-refractivity contribution in [3.63, 3.8) is 0 Å². The predicted octanol–water partition coefficient (Wildman–Crippen LogP) is 3.49. The summed E-state index contributed by atoms with van der Waals surface area (Å²) in [5, 5.41) is 9.26. The average Bonchev–Trinajstić information content (AvgIpc) is 2.49. The lowest BCUT2D eigenvalue weighted by Gasteiger charge is -2.48. The zero-order chi connectivity index (χ0) is 14.1. The third kappa shape index (κ3) is 2.87. The van der Waals surface area contributed by atoms with E-state index >= 15 is 0 Å². The van der Waals surface area contributed by atoms with E-state index in [-0.39, 0.29) is 11.0 Å². The number of likely N-dealkylation sites (tertiary alicyclic amines) is 1. The van der Waals surface area contributed by atoms with Gasteiger partial charge in [-0.1, -0.05) is 19.3 Å². The van der Waals surface area contributed by atoms with E-state index < -0.39 is 0 Å². The summed E-state index contributed by atoms with van der Waals surface area (Å²) in [5.41, 5.74) is 0.126. The highest BCUT2D eigenvalue weighted by atomic mass is 16.5. The number of nitrogens with zero attached hydrogens (tertiary/aromatic N) is 2. The van der Waals surface area contributed by atoms with Crippen molar-refractivity contribution in [3.8, 4) is 6.07 Å². The van der Waals surface area contributed by atoms with E-state index in [9.17, 15) is 5.26 Å². The molecule has 0 aromatic rings. The van der Waals surface area contributed by atoms with Crippen molar-refractivity contribution in [2.75, 3.05) is 19.7 Å². The molecule has 2 aliphatic heterocycles. The summed E-state index contributed by atoms with van der Waals surface area (Å²) in [6, 6.07) is 3.21. The summed E-state index contributed by atoms with van der Waals surface area (Å²) in [6.07, 6.45) is 11.1. The van der Waals surface area contributed by atoms with Crippen LogP contribution in [-0.2, 0) is 4.74 Å². The number of nitriles is 1. The Morgan fingerprint density at radius 3 is 2.45 bits per heavy atom. The van der Waals surface area contributed by atoms with Crippen LogP contribution in [0.4, 0.5) is 0 Å². The van der Waals surface area contributed by atoms with Crippen LogP contribution in [0.1, 0.15) is 64.7 Å². The summed E-state index contributed by atoms with van der Waals surface area (Å²) in [7, 11) is 0. The fourth-order valence-corrected chi connectivity index (χ4v) is 4.35. The van der Waals surface area contributed by atoms with E-state index in [1.807, 2.05) is 0 Å². The number of piperidine rings is 1. The minimum absolute atomic E-state index is 0.0792. The third-order valence-electron chi connectivity index (χ3n) is 5.92. The first-order valence-corrected chi connectivity index (χ1v) is 8.44. The Balaban J connectivity index is 1.59. The highest BCUT2D eigenvalue weighted by Gasteiger charge is 2.41. The molecule has 0 radical (unpaired) electrons. The first-order valence-electron chi connectivity index (χ1n) is 8.44. The first-order chi connectivity index (χ1) is 9.65. The monoisotopic (exact) mass is 276 g/mol. The second kappa shape index (κ2) is 5.66. The van der Waals surface area contributed by atoms with Crippen molar-refractivity contribution < 1.29 is 4.74 Å². The fraction of sp³-hybridized carbons (Fsp3) is 0.941. The molecule has 2 heterocycles. The molecule has 0 aromatic heterocycles. The molecule has 112 valence electrons. The molecule has 3 heteroatoms. The van der Waals surface area contributed by atoms with Gasteiger partial charge in [0.25, 0.3) is 0 Å². The molecule has 1 spiro atoms. The normalized spacial score (nSPS) is 33.7. The van der Waals surface area contributed by atoms with Gasteiger partial charge in [0.1, 0.15) is 0 Å². The van der Waals surface area contributed by atoms with Crippen LogP contribution in [0.15, 0.2) is 0 Å². The lowest BCUT2D eigenvalue weighted by molar-refractivity contribution is -0.127. The Kier molecular flexibility index (Phi) is 4.06. The molecule has 1 unspecified atom stereocenters. The second-order valence-corrected chi connectivity index (χ2v) is 7.45. The Morgan fingerprint density at radius 1 is 1.10 bits per heavy atom. The molecule has 0 aromatic carbocycles. The predicted molar refractivity (Wildman–Crippen MR) is 79.3 cm³/mol. The molecule has 1 saturated carbocycles. The van der Waals surface area contributed by atoms with Gasteiger partial charge < -0.3 is 9.64 Å². The Bertz CT molecular complexity index is 367. The maximum atomic E-state index is 9.26. The zero-order valence-electron chi connectivity index (χ0n) is 12.9. The minimum Gasteiger partial charge on any atom is -0.375 e. The van der Waals surface area contributed by atoms with Crippen LogP contribution in [0.25, 0.3) is 0 Å². The van der Waals surface area contributed by atoms with Gasteiger partial charge in [-0.05, 0) is 58.5 Å². The molecule has 3 aliphatic rings. The van der Waals surface area contributed by atoms with E-state index in [2.05, 4.69) is 17.9 Å². The molecular formula is C17H28N2O. The standard InChI is InChI=1S/C17H28N2O/c1-16(14-18)8-10-19(11-9-16)15-5-12-20-17(13-15)6-3-2-4-7-17/h15H,2-13H2,1H3. The van der Waals surface area contributed by atoms with Crippen LogP contribution in [-0.4, -0.2) is 36.2 Å². The van der Waals surface area contributed by atoms with E-state index in [0.717, 1.165) is 32.5 Å². The number of ether oxygens (including phenoxy) is 1. The van der Waals surface area contributed by atoms with Gasteiger partial charge in [0.2, 0.25) is 0 Å². The van der Waals surface area contributed by atoms with Crippen molar-refractivity contribution in [3.05, 3.63) is 0 Å². The fourth-order valence-electron chi connectivity index (χ4n) is 4.35. The van der Waals surface area contributed by atoms with Crippen molar-refractivity contribution in [1.29, 1.82) is 5.26 Å². The van der Waals surface area contributed by atoms with E-state index in [4.69, 9.17) is 4.74 Å². The van der Waals surface area contributed by atoms with E-state index in [1.165, 1.54) is 44.9 Å². The zero-order valence-corrected chi connectivity index (χ0v) is 12.9. The van der Waals surface area contributed by atoms with Crippen LogP contribution in [0, 0.1) is 16.7 Å². The summed E-state index contributed by atoms with van der Waals surface area (Å²) in [6.45, 7) is 5.27. The van der Waals surface area contributed by atoms with Crippen LogP contribution >= 0.6 is 0 Å². The number of hydrogen-bond donors (Lipinski definition) is 0. The van der Waals surface area contributed by atoms with Gasteiger partial charge in [0.15, 0.2) is 0 Å². The lowest BCUT2D eigenvalue weighted by atomic mass is 9.76. The summed E-state index contributed by atoms with van der Waals surface area (Å²) in [5.74, 6) is 0. The molecule has 2 saturated heterocycles. The van der Waals surface area contributed by atoms with Crippen LogP contribution in [0.3, 0.4) is 0 Å². The SMILES string of the molecule is CC1(C#N)CCN(C2CCOC3(CCCCC3)C2)CC1. The lowest BCUT2D eigenvalue weighted by Crippen LogP contribution is -2.52. The smallest absolute Gasteiger partial charge is 0.0697 e. The van der Waals surface area contributed by atoms with Gasteiger partial charge in [-0.15, -0.1) is 0 Å². The molecule has 3 fully saturated rings. The van der Waals surface area contributed by atoms with Gasteiger partial charge in [-0.3, -0.25) is 0 Å². The summed E-state index contributed by atoms with van der Waals surface area (Å²) < 4.78 is 6.21. The third-order valence-corrected chi connectivity index (χ3v) is 5.92. The maximum absolute atomic E-state index is 9.26. The minimum atomic E-state index is -0.0792. The summed E-state index contributed by atoms with van der Waals surface area (Å²) >= 11 is 0. The van der Waals surface area contributed by atoms with E-state index in [1.54, 1.807) is 0 Å². The van der Waals surface area contributed by atoms with Gasteiger partial charge in [-0.2, -0.15) is 5.26 Å². The highest BCUT2D eigenvalue weighted by molar-refractivity contribution is 5.01. The molecule has 20 heavy (non-hydrogen) atoms. The topological polar surface area (TPSA) is 36.3 Å². The molecule has 0 bridgehead atoms. The van der Waals surface area contributed by atoms with Gasteiger partial charge >= 0.3 is 0 Å². The Hall–Kier alpha value is -0.590. The summed E-state index contributed by atoms with van der Waals surface area (Å²) in [4.78, 5) is 2.65. The van der Waals surface area contributed by atoms with Gasteiger partial charge in [0, 0.05) is 12.6 Å². The molecular weight excluding hydrogens is 248 g/mol. The average molecular weight is 276 g/mol. The first kappa shape index (κ1) is 14.4. The van der Waals surface area contributed by atoms with E-state index in [0.29, 0.717) is 6.04 Å². The molecule has 0 amide bonds. The molecule has 1 atom stereocenters. The Labute approximate surface area is 123 Å². The second-order valence-electron chi connectivity index (χ2n) is 7.45. The van der Waals surface area contributed by atoms with Crippen molar-refractivity contribution in [2.45, 2.75) is 76.4 Å². The van der Waals surface area contributed by atoms with Crippen LogP contribution < -0.4 is 0 Å². The quantitative estimate of drug-likeness (QED) is 0.735. The van der Waals surface area contributed by atoms with Crippen molar-refractivity contribution in [2.24, 2.45) is 5.41 Å². The molecule has 3 rings (SSSR count). The Morgan fingerprint density at radius 2 is 1.80 bits per heavy atom. The molecule has 1 aliphatic carbocycles.